The Morgan fingerprint density at radius 2 is 2.30 bits per heavy atom. The first-order valence-electron chi connectivity index (χ1n) is 6.33. The molecule has 6 heteroatoms. The summed E-state index contributed by atoms with van der Waals surface area (Å²) in [6, 6.07) is 4.18. The highest BCUT2D eigenvalue weighted by atomic mass is 32.2. The van der Waals surface area contributed by atoms with Crippen LogP contribution in [0, 0.1) is 5.82 Å². The Kier molecular flexibility index (Phi) is 4.65. The molecule has 1 saturated heterocycles. The van der Waals surface area contributed by atoms with Crippen molar-refractivity contribution in [2.24, 2.45) is 0 Å². The predicted octanol–water partition coefficient (Wildman–Crippen LogP) is 1.65. The molecule has 0 spiro atoms. The van der Waals surface area contributed by atoms with E-state index >= 15 is 0 Å². The third kappa shape index (κ3) is 3.30. The number of amides is 2. The highest BCUT2D eigenvalue weighted by Gasteiger charge is 2.28. The molecule has 0 radical (unpaired) electrons. The molecule has 1 aliphatic rings. The molecule has 1 aromatic rings. The van der Waals surface area contributed by atoms with Gasteiger partial charge in [-0.1, -0.05) is 0 Å². The number of nitrogens with zero attached hydrogens (tertiary/aromatic N) is 1. The summed E-state index contributed by atoms with van der Waals surface area (Å²) in [5, 5.41) is 2.81. The fraction of sp³-hybridized carbons (Fsp3) is 0.429. The molecule has 0 bridgehead atoms. The number of nitrogens with one attached hydrogen (secondary N) is 1. The minimum atomic E-state index is -0.299. The zero-order valence-electron chi connectivity index (χ0n) is 11.5. The summed E-state index contributed by atoms with van der Waals surface area (Å²) >= 11 is 1.50. The quantitative estimate of drug-likeness (QED) is 0.919. The fourth-order valence-electron chi connectivity index (χ4n) is 2.21. The van der Waals surface area contributed by atoms with Gasteiger partial charge < -0.3 is 10.2 Å². The van der Waals surface area contributed by atoms with Gasteiger partial charge in [0.2, 0.25) is 5.91 Å². The predicted molar refractivity (Wildman–Crippen MR) is 77.1 cm³/mol. The third-order valence-electron chi connectivity index (χ3n) is 3.28. The van der Waals surface area contributed by atoms with Crippen LogP contribution in [-0.2, 0) is 10.5 Å². The summed E-state index contributed by atoms with van der Waals surface area (Å²) in [4.78, 5) is 25.1. The molecule has 1 heterocycles. The molecule has 2 amide bonds. The number of likely N-dealkylation sites (tertiary alicyclic amines) is 1. The van der Waals surface area contributed by atoms with E-state index < -0.39 is 0 Å². The first-order valence-corrected chi connectivity index (χ1v) is 7.73. The lowest BCUT2D eigenvalue weighted by atomic mass is 10.1. The standard InChI is InChI=1S/C14H17FN2O2S/c1-17-7-11(6-13(17)18)16-14(19)9-3-4-12(15)10(5-9)8-20-2/h3-5,11H,6-8H2,1-2H3,(H,16,19)/t11-/m0/s1. The highest BCUT2D eigenvalue weighted by molar-refractivity contribution is 7.97. The molecular weight excluding hydrogens is 279 g/mol. The molecule has 108 valence electrons. The molecule has 0 unspecified atom stereocenters. The van der Waals surface area contributed by atoms with Crippen LogP contribution in [0.5, 0.6) is 0 Å². The summed E-state index contributed by atoms with van der Waals surface area (Å²) in [7, 11) is 1.71. The Morgan fingerprint density at radius 1 is 1.55 bits per heavy atom. The molecular formula is C14H17FN2O2S. The van der Waals surface area contributed by atoms with Gasteiger partial charge in [0.1, 0.15) is 5.82 Å². The maximum atomic E-state index is 13.5. The average molecular weight is 296 g/mol. The second kappa shape index (κ2) is 6.26. The molecule has 1 aromatic carbocycles. The third-order valence-corrected chi connectivity index (χ3v) is 3.88. The van der Waals surface area contributed by atoms with Crippen LogP contribution in [0.15, 0.2) is 18.2 Å². The number of halogens is 1. The van der Waals surface area contributed by atoms with Gasteiger partial charge in [-0.15, -0.1) is 0 Å². The maximum absolute atomic E-state index is 13.5. The van der Waals surface area contributed by atoms with E-state index in [0.29, 0.717) is 29.8 Å². The Labute approximate surface area is 121 Å². The smallest absolute Gasteiger partial charge is 0.251 e. The Hall–Kier alpha value is -1.56. The molecule has 2 rings (SSSR count). The largest absolute Gasteiger partial charge is 0.347 e. The number of hydrogen-bond acceptors (Lipinski definition) is 3. The highest BCUT2D eigenvalue weighted by Crippen LogP contribution is 2.16. The minimum absolute atomic E-state index is 0.0254. The van der Waals surface area contributed by atoms with Crippen molar-refractivity contribution in [1.29, 1.82) is 0 Å². The molecule has 1 fully saturated rings. The van der Waals surface area contributed by atoms with Crippen LogP contribution in [0.25, 0.3) is 0 Å². The van der Waals surface area contributed by atoms with Crippen LogP contribution in [0.1, 0.15) is 22.3 Å². The zero-order chi connectivity index (χ0) is 14.7. The summed E-state index contributed by atoms with van der Waals surface area (Å²) in [6.45, 7) is 0.517. The molecule has 0 saturated carbocycles. The normalized spacial score (nSPS) is 18.4. The van der Waals surface area contributed by atoms with Crippen molar-refractivity contribution < 1.29 is 14.0 Å². The van der Waals surface area contributed by atoms with Gasteiger partial charge in [0.15, 0.2) is 0 Å². The van der Waals surface area contributed by atoms with E-state index in [1.165, 1.54) is 23.9 Å². The molecule has 0 aromatic heterocycles. The van der Waals surface area contributed by atoms with E-state index in [2.05, 4.69) is 5.32 Å². The molecule has 4 nitrogen and oxygen atoms in total. The van der Waals surface area contributed by atoms with Crippen LogP contribution in [0.4, 0.5) is 4.39 Å². The lowest BCUT2D eigenvalue weighted by Crippen LogP contribution is -2.36. The number of hydrogen-bond donors (Lipinski definition) is 1. The van der Waals surface area contributed by atoms with Crippen molar-refractivity contribution in [3.8, 4) is 0 Å². The Balaban J connectivity index is 2.06. The van der Waals surface area contributed by atoms with E-state index in [1.54, 1.807) is 18.0 Å². The first kappa shape index (κ1) is 14.8. The van der Waals surface area contributed by atoms with Crippen molar-refractivity contribution >= 4 is 23.6 Å². The maximum Gasteiger partial charge on any atom is 0.251 e. The van der Waals surface area contributed by atoms with Gasteiger partial charge in [0.05, 0.1) is 6.04 Å². The first-order chi connectivity index (χ1) is 9.51. The molecule has 0 aliphatic carbocycles. The van der Waals surface area contributed by atoms with Crippen LogP contribution < -0.4 is 5.32 Å². The lowest BCUT2D eigenvalue weighted by molar-refractivity contribution is -0.126. The number of likely N-dealkylation sites (N-methyl/N-ethyl adjacent to an activating group) is 1. The number of carbonyl (C=O) groups is 2. The van der Waals surface area contributed by atoms with Gasteiger partial charge in [-0.25, -0.2) is 4.39 Å². The monoisotopic (exact) mass is 296 g/mol. The second-order valence-corrected chi connectivity index (χ2v) is 5.75. The van der Waals surface area contributed by atoms with Crippen molar-refractivity contribution in [1.82, 2.24) is 10.2 Å². The lowest BCUT2D eigenvalue weighted by Gasteiger charge is -2.13. The Morgan fingerprint density at radius 3 is 2.90 bits per heavy atom. The van der Waals surface area contributed by atoms with E-state index in [9.17, 15) is 14.0 Å². The summed E-state index contributed by atoms with van der Waals surface area (Å²) < 4.78 is 13.5. The van der Waals surface area contributed by atoms with Crippen molar-refractivity contribution in [3.63, 3.8) is 0 Å². The molecule has 1 N–H and O–H groups in total. The molecule has 20 heavy (non-hydrogen) atoms. The van der Waals surface area contributed by atoms with E-state index in [1.807, 2.05) is 6.26 Å². The number of rotatable bonds is 4. The zero-order valence-corrected chi connectivity index (χ0v) is 12.3. The van der Waals surface area contributed by atoms with E-state index in [-0.39, 0.29) is 23.7 Å². The van der Waals surface area contributed by atoms with Crippen molar-refractivity contribution in [2.75, 3.05) is 19.8 Å². The minimum Gasteiger partial charge on any atom is -0.347 e. The van der Waals surface area contributed by atoms with Gasteiger partial charge in [0, 0.05) is 31.3 Å². The van der Waals surface area contributed by atoms with Gasteiger partial charge in [0.25, 0.3) is 5.91 Å². The molecule has 1 atom stereocenters. The fourth-order valence-corrected chi connectivity index (χ4v) is 2.74. The van der Waals surface area contributed by atoms with Gasteiger partial charge in [-0.2, -0.15) is 11.8 Å². The van der Waals surface area contributed by atoms with Crippen LogP contribution in [-0.4, -0.2) is 42.6 Å². The second-order valence-electron chi connectivity index (χ2n) is 4.89. The number of benzene rings is 1. The Bertz CT molecular complexity index is 536. The van der Waals surface area contributed by atoms with E-state index in [4.69, 9.17) is 0 Å². The molecule has 1 aliphatic heterocycles. The van der Waals surface area contributed by atoms with Crippen LogP contribution in [0.3, 0.4) is 0 Å². The van der Waals surface area contributed by atoms with Crippen LogP contribution >= 0.6 is 11.8 Å². The summed E-state index contributed by atoms with van der Waals surface area (Å²) in [5.74, 6) is -0.0120. The summed E-state index contributed by atoms with van der Waals surface area (Å²) in [5.41, 5.74) is 0.946. The average Bonchev–Trinajstić information content (AvgIpc) is 2.71. The summed E-state index contributed by atoms with van der Waals surface area (Å²) in [6.07, 6.45) is 2.20. The van der Waals surface area contributed by atoms with E-state index in [0.717, 1.165) is 0 Å². The van der Waals surface area contributed by atoms with Gasteiger partial charge >= 0.3 is 0 Å². The van der Waals surface area contributed by atoms with Crippen LogP contribution in [0.2, 0.25) is 0 Å². The van der Waals surface area contributed by atoms with Gasteiger partial charge in [-0.05, 0) is 30.0 Å². The number of carbonyl (C=O) groups excluding carboxylic acids is 2. The van der Waals surface area contributed by atoms with Crippen molar-refractivity contribution in [2.45, 2.75) is 18.2 Å². The number of thioether (sulfide) groups is 1. The van der Waals surface area contributed by atoms with Gasteiger partial charge in [-0.3, -0.25) is 9.59 Å². The SMILES string of the molecule is CSCc1cc(C(=O)N[C@H]2CC(=O)N(C)C2)ccc1F. The topological polar surface area (TPSA) is 49.4 Å². The van der Waals surface area contributed by atoms with Crippen molar-refractivity contribution in [3.05, 3.63) is 35.1 Å².